The first-order chi connectivity index (χ1) is 8.29. The molecule has 0 atom stereocenters. The van der Waals surface area contributed by atoms with Crippen molar-refractivity contribution in [3.63, 3.8) is 0 Å². The highest BCUT2D eigenvalue weighted by molar-refractivity contribution is 5.29. The van der Waals surface area contributed by atoms with Gasteiger partial charge in [0.25, 0.3) is 0 Å². The van der Waals surface area contributed by atoms with E-state index in [0.717, 1.165) is 17.5 Å². The van der Waals surface area contributed by atoms with Crippen LogP contribution in [0.2, 0.25) is 0 Å². The second-order valence-corrected chi connectivity index (χ2v) is 4.12. The molecule has 0 saturated carbocycles. The van der Waals surface area contributed by atoms with Crippen LogP contribution < -0.4 is 5.73 Å². The SMILES string of the molecule is NCCc1ccc(Cc2ccccc2F)cc1. The molecule has 0 aliphatic heterocycles. The zero-order valence-corrected chi connectivity index (χ0v) is 9.70. The van der Waals surface area contributed by atoms with E-state index in [1.807, 2.05) is 24.3 Å². The Morgan fingerprint density at radius 1 is 0.882 bits per heavy atom. The second-order valence-electron chi connectivity index (χ2n) is 4.12. The maximum atomic E-state index is 13.5. The molecular formula is C15H16FN. The van der Waals surface area contributed by atoms with Gasteiger partial charge in [-0.05, 0) is 35.7 Å². The van der Waals surface area contributed by atoms with Gasteiger partial charge in [-0.1, -0.05) is 42.5 Å². The van der Waals surface area contributed by atoms with E-state index in [0.29, 0.717) is 13.0 Å². The van der Waals surface area contributed by atoms with E-state index in [1.54, 1.807) is 6.07 Å². The second kappa shape index (κ2) is 5.60. The van der Waals surface area contributed by atoms with Gasteiger partial charge < -0.3 is 5.73 Å². The van der Waals surface area contributed by atoms with E-state index in [9.17, 15) is 4.39 Å². The van der Waals surface area contributed by atoms with Crippen LogP contribution in [0.4, 0.5) is 4.39 Å². The Morgan fingerprint density at radius 2 is 1.53 bits per heavy atom. The first-order valence-corrected chi connectivity index (χ1v) is 5.81. The van der Waals surface area contributed by atoms with Crippen molar-refractivity contribution in [1.29, 1.82) is 0 Å². The molecule has 0 heterocycles. The molecule has 1 nitrogen and oxygen atoms in total. The lowest BCUT2D eigenvalue weighted by Gasteiger charge is -2.05. The fraction of sp³-hybridized carbons (Fsp3) is 0.200. The summed E-state index contributed by atoms with van der Waals surface area (Å²) >= 11 is 0. The lowest BCUT2D eigenvalue weighted by Crippen LogP contribution is -2.02. The van der Waals surface area contributed by atoms with E-state index >= 15 is 0 Å². The van der Waals surface area contributed by atoms with E-state index in [1.165, 1.54) is 11.6 Å². The maximum absolute atomic E-state index is 13.5. The Hall–Kier alpha value is -1.67. The van der Waals surface area contributed by atoms with Gasteiger partial charge in [-0.3, -0.25) is 0 Å². The molecule has 2 N–H and O–H groups in total. The van der Waals surface area contributed by atoms with Crippen molar-refractivity contribution in [3.05, 3.63) is 71.0 Å². The smallest absolute Gasteiger partial charge is 0.126 e. The molecule has 0 spiro atoms. The van der Waals surface area contributed by atoms with Crippen LogP contribution in [0, 0.1) is 5.82 Å². The number of nitrogens with two attached hydrogens (primary N) is 1. The van der Waals surface area contributed by atoms with Gasteiger partial charge in [0, 0.05) is 6.42 Å². The third-order valence-corrected chi connectivity index (χ3v) is 2.81. The quantitative estimate of drug-likeness (QED) is 0.857. The molecular weight excluding hydrogens is 213 g/mol. The van der Waals surface area contributed by atoms with Gasteiger partial charge in [0.15, 0.2) is 0 Å². The Morgan fingerprint density at radius 3 is 2.18 bits per heavy atom. The van der Waals surface area contributed by atoms with Gasteiger partial charge >= 0.3 is 0 Å². The predicted octanol–water partition coefficient (Wildman–Crippen LogP) is 2.92. The third kappa shape index (κ3) is 3.14. The summed E-state index contributed by atoms with van der Waals surface area (Å²) in [6, 6.07) is 15.1. The summed E-state index contributed by atoms with van der Waals surface area (Å²) in [7, 11) is 0. The van der Waals surface area contributed by atoms with Crippen LogP contribution in [-0.2, 0) is 12.8 Å². The van der Waals surface area contributed by atoms with Crippen LogP contribution in [0.25, 0.3) is 0 Å². The largest absolute Gasteiger partial charge is 0.330 e. The van der Waals surface area contributed by atoms with Crippen LogP contribution in [0.5, 0.6) is 0 Å². The van der Waals surface area contributed by atoms with Gasteiger partial charge in [0.05, 0.1) is 0 Å². The Bertz CT molecular complexity index is 477. The first-order valence-electron chi connectivity index (χ1n) is 5.81. The molecule has 0 amide bonds. The summed E-state index contributed by atoms with van der Waals surface area (Å²) in [5, 5.41) is 0. The van der Waals surface area contributed by atoms with Crippen molar-refractivity contribution < 1.29 is 4.39 Å². The summed E-state index contributed by atoms with van der Waals surface area (Å²) < 4.78 is 13.5. The van der Waals surface area contributed by atoms with Crippen molar-refractivity contribution in [2.75, 3.05) is 6.54 Å². The molecule has 2 aromatic carbocycles. The highest BCUT2D eigenvalue weighted by atomic mass is 19.1. The molecule has 2 rings (SSSR count). The highest BCUT2D eigenvalue weighted by Crippen LogP contribution is 2.13. The Labute approximate surface area is 101 Å². The predicted molar refractivity (Wildman–Crippen MR) is 68.4 cm³/mol. The summed E-state index contributed by atoms with van der Waals surface area (Å²) in [5.41, 5.74) is 8.58. The normalized spacial score (nSPS) is 10.5. The maximum Gasteiger partial charge on any atom is 0.126 e. The van der Waals surface area contributed by atoms with E-state index in [-0.39, 0.29) is 5.82 Å². The summed E-state index contributed by atoms with van der Waals surface area (Å²) in [4.78, 5) is 0. The van der Waals surface area contributed by atoms with E-state index in [4.69, 9.17) is 5.73 Å². The van der Waals surface area contributed by atoms with Crippen LogP contribution in [0.15, 0.2) is 48.5 Å². The van der Waals surface area contributed by atoms with Gasteiger partial charge in [-0.2, -0.15) is 0 Å². The summed E-state index contributed by atoms with van der Waals surface area (Å²) in [6.45, 7) is 0.659. The Balaban J connectivity index is 2.11. The number of halogens is 1. The van der Waals surface area contributed by atoms with Crippen molar-refractivity contribution in [2.24, 2.45) is 5.73 Å². The fourth-order valence-electron chi connectivity index (χ4n) is 1.85. The number of hydrogen-bond acceptors (Lipinski definition) is 1. The molecule has 0 aliphatic rings. The molecule has 0 unspecified atom stereocenters. The molecule has 0 aromatic heterocycles. The molecule has 17 heavy (non-hydrogen) atoms. The minimum atomic E-state index is -0.140. The van der Waals surface area contributed by atoms with Gasteiger partial charge in [-0.25, -0.2) is 4.39 Å². The highest BCUT2D eigenvalue weighted by Gasteiger charge is 2.02. The van der Waals surface area contributed by atoms with Crippen LogP contribution in [0.1, 0.15) is 16.7 Å². The van der Waals surface area contributed by atoms with Crippen molar-refractivity contribution in [2.45, 2.75) is 12.8 Å². The standard InChI is InChI=1S/C15H16FN/c16-15-4-2-1-3-14(15)11-13-7-5-12(6-8-13)9-10-17/h1-8H,9-11,17H2. The van der Waals surface area contributed by atoms with Crippen LogP contribution in [0.3, 0.4) is 0 Å². The molecule has 0 saturated heterocycles. The van der Waals surface area contributed by atoms with Gasteiger partial charge in [0.1, 0.15) is 5.82 Å². The number of benzene rings is 2. The summed E-state index contributed by atoms with van der Waals surface area (Å²) in [6.07, 6.45) is 1.52. The monoisotopic (exact) mass is 229 g/mol. The van der Waals surface area contributed by atoms with Crippen LogP contribution >= 0.6 is 0 Å². The minimum absolute atomic E-state index is 0.140. The number of rotatable bonds is 4. The first kappa shape index (κ1) is 11.8. The van der Waals surface area contributed by atoms with Crippen molar-refractivity contribution >= 4 is 0 Å². The molecule has 88 valence electrons. The van der Waals surface area contributed by atoms with E-state index in [2.05, 4.69) is 12.1 Å². The molecule has 0 radical (unpaired) electrons. The molecule has 2 aromatic rings. The van der Waals surface area contributed by atoms with Crippen molar-refractivity contribution in [1.82, 2.24) is 0 Å². The molecule has 0 aliphatic carbocycles. The zero-order chi connectivity index (χ0) is 12.1. The average molecular weight is 229 g/mol. The van der Waals surface area contributed by atoms with Gasteiger partial charge in [0.2, 0.25) is 0 Å². The molecule has 0 fully saturated rings. The summed E-state index contributed by atoms with van der Waals surface area (Å²) in [5.74, 6) is -0.140. The Kier molecular flexibility index (Phi) is 3.89. The minimum Gasteiger partial charge on any atom is -0.330 e. The van der Waals surface area contributed by atoms with Crippen LogP contribution in [-0.4, -0.2) is 6.54 Å². The lowest BCUT2D eigenvalue weighted by atomic mass is 10.0. The number of hydrogen-bond donors (Lipinski definition) is 1. The average Bonchev–Trinajstić information content (AvgIpc) is 2.35. The van der Waals surface area contributed by atoms with E-state index < -0.39 is 0 Å². The zero-order valence-electron chi connectivity index (χ0n) is 9.70. The van der Waals surface area contributed by atoms with Crippen molar-refractivity contribution in [3.8, 4) is 0 Å². The molecule has 2 heteroatoms. The third-order valence-electron chi connectivity index (χ3n) is 2.81. The van der Waals surface area contributed by atoms with Gasteiger partial charge in [-0.15, -0.1) is 0 Å². The molecule has 0 bridgehead atoms. The fourth-order valence-corrected chi connectivity index (χ4v) is 1.85. The lowest BCUT2D eigenvalue weighted by molar-refractivity contribution is 0.614. The topological polar surface area (TPSA) is 26.0 Å².